The second-order valence-corrected chi connectivity index (χ2v) is 7.93. The average Bonchev–Trinajstić information content (AvgIpc) is 2.95. The summed E-state index contributed by atoms with van der Waals surface area (Å²) in [6.45, 7) is 1.97. The minimum Gasteiger partial charge on any atom is -0.469 e. The maximum Gasteiger partial charge on any atom is 0.306 e. The maximum atomic E-state index is 12.4. The molecule has 1 aromatic rings. The fraction of sp³-hybridized carbons (Fsp3) is 0.615. The highest BCUT2D eigenvalue weighted by Crippen LogP contribution is 2.16. The zero-order valence-corrected chi connectivity index (χ0v) is 14.4. The van der Waals surface area contributed by atoms with E-state index < -0.39 is 16.2 Å². The van der Waals surface area contributed by atoms with Crippen molar-refractivity contribution >= 4 is 27.5 Å². The molecular formula is C13H22N2O4S2. The molecule has 0 saturated heterocycles. The molecule has 0 aliphatic rings. The first kappa shape index (κ1) is 18.1. The van der Waals surface area contributed by atoms with Crippen LogP contribution in [-0.2, 0) is 26.2 Å². The molecule has 8 heteroatoms. The monoisotopic (exact) mass is 334 g/mol. The van der Waals surface area contributed by atoms with E-state index in [1.807, 2.05) is 24.4 Å². The zero-order chi connectivity index (χ0) is 16.0. The van der Waals surface area contributed by atoms with Gasteiger partial charge in [0.2, 0.25) is 0 Å². The smallest absolute Gasteiger partial charge is 0.306 e. The Bertz CT molecular complexity index is 543. The predicted octanol–water partition coefficient (Wildman–Crippen LogP) is 1.35. The second kappa shape index (κ2) is 7.88. The average molecular weight is 334 g/mol. The van der Waals surface area contributed by atoms with Gasteiger partial charge in [0.15, 0.2) is 0 Å². The van der Waals surface area contributed by atoms with E-state index in [2.05, 4.69) is 4.74 Å². The fourth-order valence-corrected chi connectivity index (χ4v) is 3.88. The molecule has 0 N–H and O–H groups in total. The lowest BCUT2D eigenvalue weighted by molar-refractivity contribution is -0.140. The van der Waals surface area contributed by atoms with Crippen molar-refractivity contribution in [1.82, 2.24) is 8.61 Å². The summed E-state index contributed by atoms with van der Waals surface area (Å²) >= 11 is 1.61. The quantitative estimate of drug-likeness (QED) is 0.673. The molecule has 120 valence electrons. The van der Waals surface area contributed by atoms with Crippen molar-refractivity contribution in [3.05, 3.63) is 22.4 Å². The van der Waals surface area contributed by atoms with Crippen molar-refractivity contribution < 1.29 is 17.9 Å². The van der Waals surface area contributed by atoms with E-state index in [1.165, 1.54) is 22.8 Å². The molecule has 0 aromatic carbocycles. The summed E-state index contributed by atoms with van der Waals surface area (Å²) in [5, 5.41) is 1.97. The Morgan fingerprint density at radius 2 is 2.10 bits per heavy atom. The lowest BCUT2D eigenvalue weighted by atomic mass is 10.2. The summed E-state index contributed by atoms with van der Waals surface area (Å²) in [5.41, 5.74) is 0. The SMILES string of the molecule is COC(=O)CCN(C)S(=O)(=O)N(C)C(C)Cc1cccs1. The van der Waals surface area contributed by atoms with Crippen molar-refractivity contribution in [2.24, 2.45) is 0 Å². The first-order chi connectivity index (χ1) is 9.78. The van der Waals surface area contributed by atoms with Gasteiger partial charge in [-0.2, -0.15) is 17.0 Å². The lowest BCUT2D eigenvalue weighted by Crippen LogP contribution is -2.45. The number of carbonyl (C=O) groups excluding carboxylic acids is 1. The number of thiophene rings is 1. The zero-order valence-electron chi connectivity index (χ0n) is 12.8. The lowest BCUT2D eigenvalue weighted by Gasteiger charge is -2.28. The van der Waals surface area contributed by atoms with Crippen LogP contribution < -0.4 is 0 Å². The molecule has 1 atom stereocenters. The largest absolute Gasteiger partial charge is 0.469 e. The topological polar surface area (TPSA) is 66.9 Å². The number of rotatable bonds is 8. The molecule has 0 aliphatic heterocycles. The van der Waals surface area contributed by atoms with Gasteiger partial charge in [-0.15, -0.1) is 11.3 Å². The molecule has 1 rings (SSSR count). The molecule has 21 heavy (non-hydrogen) atoms. The van der Waals surface area contributed by atoms with Crippen molar-refractivity contribution in [3.8, 4) is 0 Å². The Morgan fingerprint density at radius 1 is 1.43 bits per heavy atom. The molecule has 0 amide bonds. The Balaban J connectivity index is 2.64. The highest BCUT2D eigenvalue weighted by molar-refractivity contribution is 7.86. The molecular weight excluding hydrogens is 312 g/mol. The first-order valence-electron chi connectivity index (χ1n) is 6.57. The third-order valence-corrected chi connectivity index (χ3v) is 6.27. The molecule has 0 bridgehead atoms. The highest BCUT2D eigenvalue weighted by Gasteiger charge is 2.28. The maximum absolute atomic E-state index is 12.4. The number of nitrogens with zero attached hydrogens (tertiary/aromatic N) is 2. The molecule has 1 unspecified atom stereocenters. The summed E-state index contributed by atoms with van der Waals surface area (Å²) in [6, 6.07) is 3.78. The van der Waals surface area contributed by atoms with Gasteiger partial charge >= 0.3 is 5.97 Å². The van der Waals surface area contributed by atoms with Crippen molar-refractivity contribution in [1.29, 1.82) is 0 Å². The van der Waals surface area contributed by atoms with Crippen molar-refractivity contribution in [2.75, 3.05) is 27.7 Å². The Labute approximate surface area is 130 Å². The first-order valence-corrected chi connectivity index (χ1v) is 8.85. The minimum absolute atomic E-state index is 0.0410. The van der Waals surface area contributed by atoms with Gasteiger partial charge in [0.25, 0.3) is 10.2 Å². The summed E-state index contributed by atoms with van der Waals surface area (Å²) in [5.74, 6) is -0.425. The van der Waals surface area contributed by atoms with Gasteiger partial charge in [0, 0.05) is 31.6 Å². The summed E-state index contributed by atoms with van der Waals surface area (Å²) in [4.78, 5) is 12.2. The highest BCUT2D eigenvalue weighted by atomic mass is 32.2. The van der Waals surface area contributed by atoms with Crippen LogP contribution in [0.15, 0.2) is 17.5 Å². The van der Waals surface area contributed by atoms with E-state index in [0.717, 1.165) is 4.88 Å². The van der Waals surface area contributed by atoms with Crippen LogP contribution in [0.1, 0.15) is 18.2 Å². The van der Waals surface area contributed by atoms with Gasteiger partial charge < -0.3 is 4.74 Å². The summed E-state index contributed by atoms with van der Waals surface area (Å²) in [7, 11) is 0.725. The summed E-state index contributed by atoms with van der Waals surface area (Å²) < 4.78 is 31.8. The van der Waals surface area contributed by atoms with Gasteiger partial charge in [0.05, 0.1) is 13.5 Å². The molecule has 6 nitrogen and oxygen atoms in total. The standard InChI is InChI=1S/C13H22N2O4S2/c1-11(10-12-6-5-9-20-12)15(3)21(17,18)14(2)8-7-13(16)19-4/h5-6,9,11H,7-8,10H2,1-4H3. The fourth-order valence-electron chi connectivity index (χ4n) is 1.76. The van der Waals surface area contributed by atoms with Crippen LogP contribution >= 0.6 is 11.3 Å². The van der Waals surface area contributed by atoms with Crippen molar-refractivity contribution in [2.45, 2.75) is 25.8 Å². The molecule has 0 fully saturated rings. The minimum atomic E-state index is -3.58. The van der Waals surface area contributed by atoms with Crippen LogP contribution in [0.2, 0.25) is 0 Å². The van der Waals surface area contributed by atoms with Gasteiger partial charge in [-0.1, -0.05) is 6.07 Å². The number of hydrogen-bond acceptors (Lipinski definition) is 5. The third-order valence-electron chi connectivity index (χ3n) is 3.31. The number of hydrogen-bond donors (Lipinski definition) is 0. The Hall–Kier alpha value is -0.960. The Morgan fingerprint density at radius 3 is 2.62 bits per heavy atom. The number of likely N-dealkylation sites (N-methyl/N-ethyl adjacent to an activating group) is 1. The van der Waals surface area contributed by atoms with Gasteiger partial charge in [-0.25, -0.2) is 0 Å². The van der Waals surface area contributed by atoms with Crippen LogP contribution in [0.3, 0.4) is 0 Å². The van der Waals surface area contributed by atoms with Gasteiger partial charge in [-0.3, -0.25) is 4.79 Å². The molecule has 0 radical (unpaired) electrons. The van der Waals surface area contributed by atoms with Gasteiger partial charge in [-0.05, 0) is 24.8 Å². The van der Waals surface area contributed by atoms with E-state index in [9.17, 15) is 13.2 Å². The second-order valence-electron chi connectivity index (χ2n) is 4.80. The number of esters is 1. The van der Waals surface area contributed by atoms with E-state index in [-0.39, 0.29) is 19.0 Å². The van der Waals surface area contributed by atoms with Crippen LogP contribution in [0, 0.1) is 0 Å². The molecule has 0 aliphatic carbocycles. The molecule has 0 saturated carbocycles. The molecule has 0 spiro atoms. The van der Waals surface area contributed by atoms with Crippen LogP contribution in [0.4, 0.5) is 0 Å². The van der Waals surface area contributed by atoms with Crippen molar-refractivity contribution in [3.63, 3.8) is 0 Å². The van der Waals surface area contributed by atoms with E-state index in [1.54, 1.807) is 18.4 Å². The van der Waals surface area contributed by atoms with E-state index in [4.69, 9.17) is 0 Å². The van der Waals surface area contributed by atoms with E-state index >= 15 is 0 Å². The van der Waals surface area contributed by atoms with Crippen LogP contribution in [-0.4, -0.2) is 56.8 Å². The predicted molar refractivity (Wildman–Crippen MR) is 83.4 cm³/mol. The number of methoxy groups -OCH3 is 1. The molecule has 1 heterocycles. The number of ether oxygens (including phenoxy) is 1. The van der Waals surface area contributed by atoms with Crippen LogP contribution in [0.25, 0.3) is 0 Å². The Kier molecular flexibility index (Phi) is 6.79. The molecule has 1 aromatic heterocycles. The van der Waals surface area contributed by atoms with Gasteiger partial charge in [0.1, 0.15) is 0 Å². The number of carbonyl (C=O) groups is 1. The normalized spacial score (nSPS) is 13.6. The third kappa shape index (κ3) is 5.06. The summed E-state index contributed by atoms with van der Waals surface area (Å²) in [6.07, 6.45) is 0.706. The van der Waals surface area contributed by atoms with E-state index in [0.29, 0.717) is 6.42 Å². The van der Waals surface area contributed by atoms with Crippen LogP contribution in [0.5, 0.6) is 0 Å².